The first-order valence-corrected chi connectivity index (χ1v) is 2.35. The molecule has 0 aromatic rings. The topological polar surface area (TPSA) is 77.8 Å². The van der Waals surface area contributed by atoms with Crippen LogP contribution in [0.25, 0.3) is 0 Å². The van der Waals surface area contributed by atoms with Crippen molar-refractivity contribution < 1.29 is 90.7 Å². The van der Waals surface area contributed by atoms with Crippen LogP contribution in [0.4, 0.5) is 0 Å². The molecule has 4 nitrogen and oxygen atoms in total. The standard InChI is InChI=1S/2Fe.Li.Mn.H3O4P.H/c;;;;1-5(2,3)4;/h;;;;(H3,1,2,3,4);/q;;+1;;;-1. The number of phosphoric acid groups is 1. The average molecular weight is 273 g/mol. The molecular weight excluding hydrogens is 269 g/mol. The van der Waals surface area contributed by atoms with Crippen molar-refractivity contribution in [2.75, 3.05) is 0 Å². The summed E-state index contributed by atoms with van der Waals surface area (Å²) in [6.45, 7) is 0. The van der Waals surface area contributed by atoms with Gasteiger partial charge in [-0.05, 0) is 0 Å². The third-order valence-electron chi connectivity index (χ3n) is 0. The van der Waals surface area contributed by atoms with E-state index in [-0.39, 0.29) is 71.5 Å². The summed E-state index contributed by atoms with van der Waals surface area (Å²) in [7, 11) is -4.64. The molecule has 9 heteroatoms. The first-order valence-electron chi connectivity index (χ1n) is 0.783. The Morgan fingerprint density at radius 1 is 1.11 bits per heavy atom. The number of hydrogen-bond donors (Lipinski definition) is 3. The van der Waals surface area contributed by atoms with Crippen molar-refractivity contribution >= 4 is 7.82 Å². The molecular formula is H4Fe2LiMnO4P. The largest absolute Gasteiger partial charge is 1.00 e. The van der Waals surface area contributed by atoms with Crippen molar-refractivity contribution in [1.29, 1.82) is 0 Å². The van der Waals surface area contributed by atoms with Crippen molar-refractivity contribution in [1.82, 2.24) is 0 Å². The van der Waals surface area contributed by atoms with Crippen LogP contribution in [0.15, 0.2) is 0 Å². The van der Waals surface area contributed by atoms with Crippen LogP contribution in [0, 0.1) is 0 Å². The van der Waals surface area contributed by atoms with Gasteiger partial charge < -0.3 is 16.1 Å². The van der Waals surface area contributed by atoms with Gasteiger partial charge in [0.25, 0.3) is 0 Å². The van der Waals surface area contributed by atoms with Gasteiger partial charge >= 0.3 is 26.7 Å². The molecule has 3 N–H and O–H groups in total. The van der Waals surface area contributed by atoms with Crippen molar-refractivity contribution in [2.24, 2.45) is 0 Å². The second kappa shape index (κ2) is 12.9. The van der Waals surface area contributed by atoms with E-state index in [9.17, 15) is 0 Å². The summed E-state index contributed by atoms with van der Waals surface area (Å²) in [6.07, 6.45) is 0. The Balaban J connectivity index is -0.00000000800. The molecule has 0 aromatic heterocycles. The van der Waals surface area contributed by atoms with E-state index in [4.69, 9.17) is 19.2 Å². The molecule has 0 atom stereocenters. The predicted octanol–water partition coefficient (Wildman–Crippen LogP) is -3.82. The quantitative estimate of drug-likeness (QED) is 0.312. The Morgan fingerprint density at radius 2 is 1.11 bits per heavy atom. The van der Waals surface area contributed by atoms with Crippen LogP contribution in [-0.2, 0) is 55.8 Å². The molecule has 0 saturated heterocycles. The fraction of sp³-hybridized carbons (Fsp3) is 0. The van der Waals surface area contributed by atoms with Gasteiger partial charge in [-0.25, -0.2) is 4.57 Å². The SMILES string of the molecule is O=P(O)(O)O.[Fe].[Fe].[H-].[Li+].[Mn]. The van der Waals surface area contributed by atoms with Crippen molar-refractivity contribution in [3.63, 3.8) is 0 Å². The second-order valence-corrected chi connectivity index (χ2v) is 1.54. The van der Waals surface area contributed by atoms with E-state index in [1.54, 1.807) is 0 Å². The van der Waals surface area contributed by atoms with Crippen molar-refractivity contribution in [2.45, 2.75) is 0 Å². The van der Waals surface area contributed by atoms with Crippen LogP contribution in [0.1, 0.15) is 1.43 Å². The van der Waals surface area contributed by atoms with Crippen LogP contribution < -0.4 is 18.9 Å². The molecule has 0 aliphatic carbocycles. The van der Waals surface area contributed by atoms with Gasteiger partial charge in [0.1, 0.15) is 0 Å². The summed E-state index contributed by atoms with van der Waals surface area (Å²) < 4.78 is 8.88. The first kappa shape index (κ1) is 30.2. The van der Waals surface area contributed by atoms with Gasteiger partial charge in [0, 0.05) is 51.2 Å². The molecule has 0 aliphatic heterocycles. The maximum Gasteiger partial charge on any atom is 1.00 e. The van der Waals surface area contributed by atoms with E-state index < -0.39 is 7.82 Å². The summed E-state index contributed by atoms with van der Waals surface area (Å²) in [5.74, 6) is 0. The Bertz CT molecular complexity index is 69.4. The Labute approximate surface area is 97.9 Å². The number of hydrogen-bond acceptors (Lipinski definition) is 1. The zero-order chi connectivity index (χ0) is 4.50. The van der Waals surface area contributed by atoms with E-state index in [1.807, 2.05) is 0 Å². The van der Waals surface area contributed by atoms with Gasteiger partial charge in [-0.2, -0.15) is 0 Å². The van der Waals surface area contributed by atoms with E-state index >= 15 is 0 Å². The van der Waals surface area contributed by atoms with Gasteiger partial charge in [-0.1, -0.05) is 0 Å². The minimum absolute atomic E-state index is 0. The van der Waals surface area contributed by atoms with Gasteiger partial charge in [-0.15, -0.1) is 0 Å². The molecule has 57 valence electrons. The van der Waals surface area contributed by atoms with Crippen LogP contribution in [0.2, 0.25) is 0 Å². The van der Waals surface area contributed by atoms with E-state index in [1.165, 1.54) is 0 Å². The summed E-state index contributed by atoms with van der Waals surface area (Å²) in [4.78, 5) is 21.6. The number of rotatable bonds is 0. The molecule has 0 aliphatic rings. The third-order valence-corrected chi connectivity index (χ3v) is 0. The smallest absolute Gasteiger partial charge is 1.00 e. The van der Waals surface area contributed by atoms with Crippen molar-refractivity contribution in [3.05, 3.63) is 0 Å². The first-order chi connectivity index (χ1) is 2.00. The van der Waals surface area contributed by atoms with E-state index in [0.29, 0.717) is 0 Å². The summed E-state index contributed by atoms with van der Waals surface area (Å²) in [5.41, 5.74) is 0. The zero-order valence-corrected chi connectivity index (χ0v) is 8.57. The second-order valence-electron chi connectivity index (χ2n) is 0.513. The van der Waals surface area contributed by atoms with Gasteiger partial charge in [0.05, 0.1) is 0 Å². The summed E-state index contributed by atoms with van der Waals surface area (Å²) in [6, 6.07) is 0. The summed E-state index contributed by atoms with van der Waals surface area (Å²) in [5, 5.41) is 0. The molecule has 0 amide bonds. The minimum atomic E-state index is -4.64. The zero-order valence-electron chi connectivity index (χ0n) is 5.28. The van der Waals surface area contributed by atoms with Crippen molar-refractivity contribution in [3.8, 4) is 0 Å². The van der Waals surface area contributed by atoms with Crippen LogP contribution in [0.5, 0.6) is 0 Å². The molecule has 9 heavy (non-hydrogen) atoms. The normalized spacial score (nSPS) is 6.56. The molecule has 0 heterocycles. The third kappa shape index (κ3) is 137. The molecule has 0 unspecified atom stereocenters. The average Bonchev–Trinajstić information content (AvgIpc) is 0.722. The van der Waals surface area contributed by atoms with Crippen LogP contribution in [-0.4, -0.2) is 14.7 Å². The van der Waals surface area contributed by atoms with Crippen LogP contribution >= 0.6 is 7.82 Å². The Hall–Kier alpha value is 2.27. The van der Waals surface area contributed by atoms with Gasteiger partial charge in [0.15, 0.2) is 0 Å². The van der Waals surface area contributed by atoms with E-state index in [0.717, 1.165) is 0 Å². The fourth-order valence-corrected chi connectivity index (χ4v) is 0. The van der Waals surface area contributed by atoms with Gasteiger partial charge in [-0.3, -0.25) is 0 Å². The Kier molecular flexibility index (Phi) is 43.3. The molecule has 1 radical (unpaired) electrons. The fourth-order valence-electron chi connectivity index (χ4n) is 0. The maximum absolute atomic E-state index is 8.88. The molecule has 0 fully saturated rings. The molecule has 0 spiro atoms. The predicted molar refractivity (Wildman–Crippen MR) is 15.4 cm³/mol. The summed E-state index contributed by atoms with van der Waals surface area (Å²) >= 11 is 0. The molecule has 0 bridgehead atoms. The minimum Gasteiger partial charge on any atom is -1.00 e. The Morgan fingerprint density at radius 3 is 1.11 bits per heavy atom. The molecule has 0 saturated carbocycles. The monoisotopic (exact) mass is 273 g/mol. The molecule has 0 aromatic carbocycles. The maximum atomic E-state index is 8.88. The van der Waals surface area contributed by atoms with E-state index in [2.05, 4.69) is 0 Å². The van der Waals surface area contributed by atoms with Crippen LogP contribution in [0.3, 0.4) is 0 Å². The van der Waals surface area contributed by atoms with Gasteiger partial charge in [0.2, 0.25) is 0 Å². The molecule has 0 rings (SSSR count).